The van der Waals surface area contributed by atoms with Crippen LogP contribution >= 0.6 is 0 Å². The Hall–Kier alpha value is -1.65. The molecule has 0 saturated heterocycles. The summed E-state index contributed by atoms with van der Waals surface area (Å²) in [5, 5.41) is 12.0. The van der Waals surface area contributed by atoms with Crippen LogP contribution in [0.5, 0.6) is 0 Å². The summed E-state index contributed by atoms with van der Waals surface area (Å²) in [7, 11) is 3.87. The maximum Gasteiger partial charge on any atom is 0.118 e. The van der Waals surface area contributed by atoms with Crippen molar-refractivity contribution in [3.63, 3.8) is 0 Å². The van der Waals surface area contributed by atoms with Crippen LogP contribution in [-0.2, 0) is 0 Å². The minimum atomic E-state index is -0.739. The molecule has 0 aliphatic carbocycles. The van der Waals surface area contributed by atoms with Gasteiger partial charge in [0.1, 0.15) is 6.10 Å². The summed E-state index contributed by atoms with van der Waals surface area (Å²) in [5.74, 6) is 0. The van der Waals surface area contributed by atoms with E-state index in [9.17, 15) is 5.11 Å². The Bertz CT molecular complexity index is 531. The summed E-state index contributed by atoms with van der Waals surface area (Å²) >= 11 is 0. The molecule has 0 radical (unpaired) electrons. The number of aromatic nitrogens is 1. The second-order valence-electron chi connectivity index (χ2n) is 4.41. The molecule has 1 atom stereocenters. The molecule has 90 valence electrons. The molecule has 0 fully saturated rings. The lowest BCUT2D eigenvalue weighted by Crippen LogP contribution is -2.18. The van der Waals surface area contributed by atoms with E-state index in [0.717, 1.165) is 16.3 Å². The molecule has 2 rings (SSSR count). The lowest BCUT2D eigenvalue weighted by atomic mass is 10.1. The van der Waals surface area contributed by atoms with E-state index in [-0.39, 0.29) is 0 Å². The summed E-state index contributed by atoms with van der Waals surface area (Å²) in [5.41, 5.74) is 1.33. The van der Waals surface area contributed by atoms with E-state index >= 15 is 0 Å². The van der Waals surface area contributed by atoms with Gasteiger partial charge in [0.2, 0.25) is 0 Å². The molecule has 0 spiro atoms. The molecule has 0 aliphatic heterocycles. The summed E-state index contributed by atoms with van der Waals surface area (Å²) in [6.45, 7) is 4.51. The van der Waals surface area contributed by atoms with E-state index in [0.29, 0.717) is 12.2 Å². The predicted molar refractivity (Wildman–Crippen MR) is 66.7 cm³/mol. The Labute approximate surface area is 100 Å². The molecule has 2 aromatic heterocycles. The molecule has 1 unspecified atom stereocenters. The zero-order valence-electron chi connectivity index (χ0n) is 10.1. The van der Waals surface area contributed by atoms with Crippen LogP contribution in [0, 0.1) is 0 Å². The second kappa shape index (κ2) is 4.69. The number of aliphatic hydroxyl groups is 1. The van der Waals surface area contributed by atoms with E-state index in [1.807, 2.05) is 25.1 Å². The first-order valence-electron chi connectivity index (χ1n) is 5.40. The van der Waals surface area contributed by atoms with Crippen LogP contribution in [0.1, 0.15) is 11.8 Å². The van der Waals surface area contributed by atoms with Gasteiger partial charge in [-0.1, -0.05) is 6.58 Å². The quantitative estimate of drug-likeness (QED) is 0.819. The molecule has 17 heavy (non-hydrogen) atoms. The van der Waals surface area contributed by atoms with Gasteiger partial charge in [0.15, 0.2) is 0 Å². The summed E-state index contributed by atoms with van der Waals surface area (Å²) in [4.78, 5) is 6.18. The van der Waals surface area contributed by atoms with Gasteiger partial charge in [-0.15, -0.1) is 0 Å². The second-order valence-corrected chi connectivity index (χ2v) is 4.41. The molecule has 0 amide bonds. The average Bonchev–Trinajstić information content (AvgIpc) is 2.73. The van der Waals surface area contributed by atoms with Gasteiger partial charge in [0.25, 0.3) is 0 Å². The van der Waals surface area contributed by atoms with Crippen molar-refractivity contribution in [3.8, 4) is 0 Å². The first-order valence-corrected chi connectivity index (χ1v) is 5.40. The minimum absolute atomic E-state index is 0.603. The molecule has 0 aliphatic rings. The maximum atomic E-state index is 10.1. The predicted octanol–water partition coefficient (Wildman–Crippen LogP) is 1.98. The van der Waals surface area contributed by atoms with E-state index in [4.69, 9.17) is 4.42 Å². The molecule has 0 saturated carbocycles. The van der Waals surface area contributed by atoms with Crippen LogP contribution in [0.3, 0.4) is 0 Å². The highest BCUT2D eigenvalue weighted by molar-refractivity contribution is 5.80. The van der Waals surface area contributed by atoms with E-state index in [1.165, 1.54) is 0 Å². The average molecular weight is 232 g/mol. The van der Waals surface area contributed by atoms with Crippen LogP contribution in [0.15, 0.2) is 41.4 Å². The van der Waals surface area contributed by atoms with Crippen LogP contribution in [-0.4, -0.2) is 35.6 Å². The van der Waals surface area contributed by atoms with Gasteiger partial charge in [-0.05, 0) is 25.7 Å². The van der Waals surface area contributed by atoms with Crippen molar-refractivity contribution in [3.05, 3.63) is 42.6 Å². The SMILES string of the molecule is C=C(CN(C)C)C(O)c1cc2cocc2cn1. The Morgan fingerprint density at radius 1 is 1.47 bits per heavy atom. The van der Waals surface area contributed by atoms with Crippen molar-refractivity contribution in [1.82, 2.24) is 9.88 Å². The third-order valence-electron chi connectivity index (χ3n) is 2.57. The van der Waals surface area contributed by atoms with Crippen molar-refractivity contribution in [1.29, 1.82) is 0 Å². The van der Waals surface area contributed by atoms with E-state index in [1.54, 1.807) is 18.7 Å². The molecule has 0 aromatic carbocycles. The van der Waals surface area contributed by atoms with Gasteiger partial charge < -0.3 is 14.4 Å². The summed E-state index contributed by atoms with van der Waals surface area (Å²) in [6.07, 6.45) is 4.23. The normalized spacial score (nSPS) is 13.2. The van der Waals surface area contributed by atoms with E-state index < -0.39 is 6.10 Å². The summed E-state index contributed by atoms with van der Waals surface area (Å²) in [6, 6.07) is 1.82. The van der Waals surface area contributed by atoms with Crippen LogP contribution in [0.2, 0.25) is 0 Å². The van der Waals surface area contributed by atoms with Gasteiger partial charge >= 0.3 is 0 Å². The minimum Gasteiger partial charge on any atom is -0.471 e. The number of rotatable bonds is 4. The standard InChI is InChI=1S/C13H16N2O2/c1-9(6-15(2)3)13(16)12-4-10-7-17-8-11(10)5-14-12/h4-5,7-8,13,16H,1,6H2,2-3H3. The highest BCUT2D eigenvalue weighted by Gasteiger charge is 2.14. The van der Waals surface area contributed by atoms with Crippen LogP contribution in [0.25, 0.3) is 10.8 Å². The smallest absolute Gasteiger partial charge is 0.118 e. The number of aliphatic hydroxyl groups excluding tert-OH is 1. The molecule has 4 nitrogen and oxygen atoms in total. The third kappa shape index (κ3) is 2.54. The Morgan fingerprint density at radius 2 is 2.18 bits per heavy atom. The van der Waals surface area contributed by atoms with Crippen molar-refractivity contribution in [2.45, 2.75) is 6.10 Å². The van der Waals surface area contributed by atoms with Gasteiger partial charge in [0, 0.05) is 23.5 Å². The van der Waals surface area contributed by atoms with Gasteiger partial charge in [0.05, 0.1) is 18.2 Å². The number of pyridine rings is 1. The molecular formula is C13H16N2O2. The highest BCUT2D eigenvalue weighted by Crippen LogP contribution is 2.23. The Kier molecular flexibility index (Phi) is 3.26. The summed E-state index contributed by atoms with van der Waals surface area (Å²) < 4.78 is 5.07. The van der Waals surface area contributed by atoms with Gasteiger partial charge in [-0.25, -0.2) is 0 Å². The molecule has 4 heteroatoms. The molecule has 0 bridgehead atoms. The number of nitrogens with zero attached hydrogens (tertiary/aromatic N) is 2. The lowest BCUT2D eigenvalue weighted by molar-refractivity contribution is 0.200. The zero-order chi connectivity index (χ0) is 12.4. The van der Waals surface area contributed by atoms with Gasteiger partial charge in [-0.3, -0.25) is 4.98 Å². The first-order chi connectivity index (χ1) is 8.08. The number of fused-ring (bicyclic) bond motifs is 1. The van der Waals surface area contributed by atoms with Crippen molar-refractivity contribution < 1.29 is 9.52 Å². The number of hydrogen-bond donors (Lipinski definition) is 1. The highest BCUT2D eigenvalue weighted by atomic mass is 16.3. The molecular weight excluding hydrogens is 216 g/mol. The van der Waals surface area contributed by atoms with Crippen molar-refractivity contribution >= 4 is 10.8 Å². The maximum absolute atomic E-state index is 10.1. The van der Waals surface area contributed by atoms with Crippen LogP contribution < -0.4 is 0 Å². The zero-order valence-corrected chi connectivity index (χ0v) is 10.1. The van der Waals surface area contributed by atoms with Gasteiger partial charge in [-0.2, -0.15) is 0 Å². The largest absolute Gasteiger partial charge is 0.471 e. The van der Waals surface area contributed by atoms with E-state index in [2.05, 4.69) is 11.6 Å². The lowest BCUT2D eigenvalue weighted by Gasteiger charge is -2.17. The Balaban J connectivity index is 2.23. The van der Waals surface area contributed by atoms with Crippen molar-refractivity contribution in [2.24, 2.45) is 0 Å². The number of furan rings is 1. The fraction of sp³-hybridized carbons (Fsp3) is 0.308. The Morgan fingerprint density at radius 3 is 2.88 bits per heavy atom. The third-order valence-corrected chi connectivity index (χ3v) is 2.57. The fourth-order valence-corrected chi connectivity index (χ4v) is 1.73. The monoisotopic (exact) mass is 232 g/mol. The van der Waals surface area contributed by atoms with Crippen molar-refractivity contribution in [2.75, 3.05) is 20.6 Å². The molecule has 1 N–H and O–H groups in total. The fourth-order valence-electron chi connectivity index (χ4n) is 1.73. The molecule has 2 aromatic rings. The topological polar surface area (TPSA) is 49.5 Å². The van der Waals surface area contributed by atoms with Crippen LogP contribution in [0.4, 0.5) is 0 Å². The molecule has 2 heterocycles. The first kappa shape index (κ1) is 11.8. The number of likely N-dealkylation sites (N-methyl/N-ethyl adjacent to an activating group) is 1. The number of hydrogen-bond acceptors (Lipinski definition) is 4.